The monoisotopic (exact) mass is 403 g/mol. The Bertz CT molecular complexity index is 1060. The Morgan fingerprint density at radius 3 is 2.80 bits per heavy atom. The first-order chi connectivity index (χ1) is 14.7. The summed E-state index contributed by atoms with van der Waals surface area (Å²) in [5, 5.41) is 0. The third-order valence-electron chi connectivity index (χ3n) is 6.01. The van der Waals surface area contributed by atoms with Crippen LogP contribution in [0.3, 0.4) is 0 Å². The van der Waals surface area contributed by atoms with E-state index in [2.05, 4.69) is 29.2 Å². The maximum atomic E-state index is 13.7. The van der Waals surface area contributed by atoms with E-state index in [1.165, 1.54) is 11.1 Å². The Morgan fingerprint density at radius 2 is 1.97 bits per heavy atom. The molecule has 2 heterocycles. The molecule has 1 aromatic heterocycles. The lowest BCUT2D eigenvalue weighted by Gasteiger charge is -2.38. The zero-order valence-corrected chi connectivity index (χ0v) is 17.0. The first-order valence-electron chi connectivity index (χ1n) is 10.4. The van der Waals surface area contributed by atoms with Crippen molar-refractivity contribution in [2.24, 2.45) is 7.05 Å². The number of imidazole rings is 1. The zero-order chi connectivity index (χ0) is 20.5. The third kappa shape index (κ3) is 3.43. The van der Waals surface area contributed by atoms with E-state index >= 15 is 0 Å². The maximum absolute atomic E-state index is 13.7. The molecule has 0 saturated heterocycles. The molecule has 0 spiro atoms. The molecular formula is C24H25N3O3. The summed E-state index contributed by atoms with van der Waals surface area (Å²) in [6, 6.07) is 15.9. The van der Waals surface area contributed by atoms with Crippen LogP contribution in [0.1, 0.15) is 35.8 Å². The fraction of sp³-hybridized carbons (Fsp3) is 0.333. The molecule has 154 valence electrons. The molecular weight excluding hydrogens is 378 g/mol. The highest BCUT2D eigenvalue weighted by atomic mass is 16.6. The molecule has 0 fully saturated rings. The largest absolute Gasteiger partial charge is 0.485 e. The summed E-state index contributed by atoms with van der Waals surface area (Å²) >= 11 is 0. The Kier molecular flexibility index (Phi) is 4.91. The second-order valence-electron chi connectivity index (χ2n) is 7.89. The number of nitrogens with zero attached hydrogens (tertiary/aromatic N) is 3. The molecule has 2 unspecified atom stereocenters. The van der Waals surface area contributed by atoms with Gasteiger partial charge in [-0.15, -0.1) is 0 Å². The van der Waals surface area contributed by atoms with Crippen LogP contribution in [0.25, 0.3) is 0 Å². The van der Waals surface area contributed by atoms with Crippen molar-refractivity contribution in [3.05, 3.63) is 77.9 Å². The van der Waals surface area contributed by atoms with Crippen molar-refractivity contribution in [3.63, 3.8) is 0 Å². The highest BCUT2D eigenvalue weighted by Crippen LogP contribution is 2.37. The number of aromatic nitrogens is 2. The van der Waals surface area contributed by atoms with Gasteiger partial charge < -0.3 is 18.9 Å². The summed E-state index contributed by atoms with van der Waals surface area (Å²) in [6.07, 6.45) is 6.03. The number of carbonyl (C=O) groups excluding carboxylic acids is 1. The second-order valence-corrected chi connectivity index (χ2v) is 7.89. The van der Waals surface area contributed by atoms with Crippen molar-refractivity contribution in [1.82, 2.24) is 14.5 Å². The lowest BCUT2D eigenvalue weighted by Crippen LogP contribution is -2.48. The van der Waals surface area contributed by atoms with Crippen LogP contribution in [-0.4, -0.2) is 33.1 Å². The van der Waals surface area contributed by atoms with E-state index in [-0.39, 0.29) is 18.6 Å². The Labute approximate surface area is 176 Å². The number of carbonyl (C=O) groups is 1. The molecule has 6 heteroatoms. The van der Waals surface area contributed by atoms with E-state index in [1.807, 2.05) is 47.0 Å². The van der Waals surface area contributed by atoms with Crippen molar-refractivity contribution in [2.75, 3.05) is 6.61 Å². The van der Waals surface area contributed by atoms with Gasteiger partial charge in [-0.25, -0.2) is 4.98 Å². The molecule has 2 atom stereocenters. The minimum atomic E-state index is -0.672. The molecule has 1 aliphatic carbocycles. The van der Waals surface area contributed by atoms with Crippen LogP contribution in [-0.2, 0) is 24.8 Å². The van der Waals surface area contributed by atoms with Crippen LogP contribution in [0, 0.1) is 0 Å². The Balaban J connectivity index is 1.48. The number of ether oxygens (including phenoxy) is 2. The number of fused-ring (bicyclic) bond motifs is 2. The first kappa shape index (κ1) is 18.7. The van der Waals surface area contributed by atoms with Gasteiger partial charge in [-0.2, -0.15) is 0 Å². The minimum Gasteiger partial charge on any atom is -0.485 e. The second kappa shape index (κ2) is 7.86. The normalized spacial score (nSPS) is 19.8. The molecule has 2 aromatic carbocycles. The fourth-order valence-electron chi connectivity index (χ4n) is 4.42. The number of rotatable bonds is 4. The highest BCUT2D eigenvalue weighted by Gasteiger charge is 2.37. The zero-order valence-electron chi connectivity index (χ0n) is 17.0. The van der Waals surface area contributed by atoms with Crippen LogP contribution in [0.2, 0.25) is 0 Å². The Hall–Kier alpha value is -3.28. The molecule has 3 aromatic rings. The SMILES string of the molecule is Cn1ccnc1CN(C(=O)C1COc2ccccc2O1)C1CCCc2ccccc21. The van der Waals surface area contributed by atoms with E-state index in [0.717, 1.165) is 25.1 Å². The van der Waals surface area contributed by atoms with Crippen molar-refractivity contribution < 1.29 is 14.3 Å². The van der Waals surface area contributed by atoms with Crippen LogP contribution in [0.4, 0.5) is 0 Å². The van der Waals surface area contributed by atoms with Crippen LogP contribution in [0.15, 0.2) is 60.9 Å². The van der Waals surface area contributed by atoms with Gasteiger partial charge in [0, 0.05) is 19.4 Å². The average Bonchev–Trinajstić information content (AvgIpc) is 3.20. The molecule has 6 nitrogen and oxygen atoms in total. The van der Waals surface area contributed by atoms with E-state index in [4.69, 9.17) is 9.47 Å². The molecule has 0 bridgehead atoms. The topological polar surface area (TPSA) is 56.6 Å². The van der Waals surface area contributed by atoms with E-state index in [9.17, 15) is 4.79 Å². The van der Waals surface area contributed by atoms with Gasteiger partial charge in [-0.3, -0.25) is 4.79 Å². The van der Waals surface area contributed by atoms with Gasteiger partial charge in [-0.1, -0.05) is 36.4 Å². The van der Waals surface area contributed by atoms with Crippen LogP contribution in [0.5, 0.6) is 11.5 Å². The van der Waals surface area contributed by atoms with E-state index < -0.39 is 6.10 Å². The fourth-order valence-corrected chi connectivity index (χ4v) is 4.42. The smallest absolute Gasteiger partial charge is 0.268 e. The number of aryl methyl sites for hydroxylation is 2. The number of benzene rings is 2. The van der Waals surface area contributed by atoms with Crippen molar-refractivity contribution in [1.29, 1.82) is 0 Å². The number of hydrogen-bond acceptors (Lipinski definition) is 4. The lowest BCUT2D eigenvalue weighted by atomic mass is 9.86. The summed E-state index contributed by atoms with van der Waals surface area (Å²) < 4.78 is 13.9. The molecule has 0 saturated carbocycles. The summed E-state index contributed by atoms with van der Waals surface area (Å²) in [6.45, 7) is 0.643. The molecule has 0 N–H and O–H groups in total. The summed E-state index contributed by atoms with van der Waals surface area (Å²) in [4.78, 5) is 20.1. The molecule has 5 rings (SSSR count). The minimum absolute atomic E-state index is 0.0000738. The predicted octanol–water partition coefficient (Wildman–Crippen LogP) is 3.67. The van der Waals surface area contributed by atoms with Gasteiger partial charge >= 0.3 is 0 Å². The van der Waals surface area contributed by atoms with Crippen LogP contribution < -0.4 is 9.47 Å². The van der Waals surface area contributed by atoms with Gasteiger partial charge in [0.1, 0.15) is 12.4 Å². The third-order valence-corrected chi connectivity index (χ3v) is 6.01. The summed E-state index contributed by atoms with van der Waals surface area (Å²) in [5.41, 5.74) is 2.54. The van der Waals surface area contributed by atoms with Crippen molar-refractivity contribution in [2.45, 2.75) is 38.0 Å². The van der Waals surface area contributed by atoms with Crippen LogP contribution >= 0.6 is 0 Å². The molecule has 2 aliphatic rings. The summed E-state index contributed by atoms with van der Waals surface area (Å²) in [7, 11) is 1.95. The molecule has 30 heavy (non-hydrogen) atoms. The average molecular weight is 403 g/mol. The van der Waals surface area contributed by atoms with Gasteiger partial charge in [-0.05, 0) is 42.5 Å². The standard InChI is InChI=1S/C24H25N3O3/c1-26-14-13-25-23(26)15-27(19-10-6-8-17-7-2-3-9-18(17)19)24(28)22-16-29-20-11-4-5-12-21(20)30-22/h2-5,7,9,11-14,19,22H,6,8,10,15-16H2,1H3. The van der Waals surface area contributed by atoms with Gasteiger partial charge in [0.05, 0.1) is 12.6 Å². The highest BCUT2D eigenvalue weighted by molar-refractivity contribution is 5.82. The first-order valence-corrected chi connectivity index (χ1v) is 10.4. The van der Waals surface area contributed by atoms with E-state index in [0.29, 0.717) is 18.0 Å². The molecule has 0 radical (unpaired) electrons. The molecule has 1 aliphatic heterocycles. The van der Waals surface area contributed by atoms with Gasteiger partial charge in [0.25, 0.3) is 5.91 Å². The van der Waals surface area contributed by atoms with Gasteiger partial charge in [0.15, 0.2) is 11.5 Å². The number of amides is 1. The maximum Gasteiger partial charge on any atom is 0.268 e. The quantitative estimate of drug-likeness (QED) is 0.667. The Morgan fingerprint density at radius 1 is 1.17 bits per heavy atom. The molecule has 1 amide bonds. The summed E-state index contributed by atoms with van der Waals surface area (Å²) in [5.74, 6) is 2.08. The number of hydrogen-bond donors (Lipinski definition) is 0. The predicted molar refractivity (Wildman–Crippen MR) is 112 cm³/mol. The number of para-hydroxylation sites is 2. The van der Waals surface area contributed by atoms with E-state index in [1.54, 1.807) is 6.20 Å². The van der Waals surface area contributed by atoms with Gasteiger partial charge in [0.2, 0.25) is 6.10 Å². The van der Waals surface area contributed by atoms with Crippen molar-refractivity contribution in [3.8, 4) is 11.5 Å². The van der Waals surface area contributed by atoms with Crippen molar-refractivity contribution >= 4 is 5.91 Å². The lowest BCUT2D eigenvalue weighted by molar-refractivity contribution is -0.145.